The molecule has 0 spiro atoms. The number of hydrogen-bond donors (Lipinski definition) is 1. The molecule has 1 aromatic rings. The molecule has 0 amide bonds. The first-order valence-corrected chi connectivity index (χ1v) is 7.24. The summed E-state index contributed by atoms with van der Waals surface area (Å²) in [6.45, 7) is 8.81. The lowest BCUT2D eigenvalue weighted by Crippen LogP contribution is -2.14. The van der Waals surface area contributed by atoms with Crippen molar-refractivity contribution in [1.82, 2.24) is 10.3 Å². The predicted octanol–water partition coefficient (Wildman–Crippen LogP) is 3.64. The highest BCUT2D eigenvalue weighted by Gasteiger charge is 2.28. The van der Waals surface area contributed by atoms with Gasteiger partial charge in [-0.25, -0.2) is 4.98 Å². The van der Waals surface area contributed by atoms with Gasteiger partial charge in [0.15, 0.2) is 0 Å². The van der Waals surface area contributed by atoms with Crippen LogP contribution in [-0.4, -0.2) is 11.5 Å². The van der Waals surface area contributed by atoms with Crippen molar-refractivity contribution in [1.29, 1.82) is 0 Å². The lowest BCUT2D eigenvalue weighted by molar-refractivity contribution is 0.670. The Labute approximate surface area is 102 Å². The third kappa shape index (κ3) is 2.83. The Hall–Kier alpha value is -0.410. The van der Waals surface area contributed by atoms with Crippen LogP contribution in [0.25, 0.3) is 0 Å². The Kier molecular flexibility index (Phi) is 3.98. The smallest absolute Gasteiger partial charge is 0.0962 e. The minimum Gasteiger partial charge on any atom is -0.312 e. The fourth-order valence-electron chi connectivity index (χ4n) is 1.84. The van der Waals surface area contributed by atoms with E-state index < -0.39 is 0 Å². The van der Waals surface area contributed by atoms with Crippen LogP contribution in [-0.2, 0) is 6.54 Å². The molecule has 0 aromatic carbocycles. The summed E-state index contributed by atoms with van der Waals surface area (Å²) in [6.07, 6.45) is 3.91. The molecule has 0 atom stereocenters. The topological polar surface area (TPSA) is 24.9 Å². The molecular formula is C13H22N2S. The van der Waals surface area contributed by atoms with Gasteiger partial charge in [0.05, 0.1) is 10.7 Å². The Balaban J connectivity index is 2.07. The highest BCUT2D eigenvalue weighted by molar-refractivity contribution is 7.11. The Morgan fingerprint density at radius 3 is 2.75 bits per heavy atom. The van der Waals surface area contributed by atoms with Gasteiger partial charge >= 0.3 is 0 Å². The zero-order valence-corrected chi connectivity index (χ0v) is 11.4. The quantitative estimate of drug-likeness (QED) is 0.765. The number of rotatable bonds is 6. The van der Waals surface area contributed by atoms with Crippen LogP contribution in [0.4, 0.5) is 0 Å². The monoisotopic (exact) mass is 238 g/mol. The summed E-state index contributed by atoms with van der Waals surface area (Å²) >= 11 is 1.94. The van der Waals surface area contributed by atoms with Crippen molar-refractivity contribution >= 4 is 11.3 Å². The van der Waals surface area contributed by atoms with E-state index in [1.807, 2.05) is 11.3 Å². The second-order valence-corrected chi connectivity index (χ2v) is 6.08. The van der Waals surface area contributed by atoms with Crippen molar-refractivity contribution in [3.63, 3.8) is 0 Å². The molecule has 0 aliphatic heterocycles. The van der Waals surface area contributed by atoms with Crippen LogP contribution in [0.1, 0.15) is 67.4 Å². The largest absolute Gasteiger partial charge is 0.312 e. The van der Waals surface area contributed by atoms with E-state index in [1.165, 1.54) is 34.8 Å². The summed E-state index contributed by atoms with van der Waals surface area (Å²) in [5, 5.41) is 4.88. The van der Waals surface area contributed by atoms with E-state index in [0.717, 1.165) is 19.0 Å². The number of aromatic nitrogens is 1. The normalized spacial score (nSPS) is 16.0. The van der Waals surface area contributed by atoms with E-state index in [1.54, 1.807) is 0 Å². The molecule has 1 aliphatic rings. The molecule has 0 radical (unpaired) electrons. The van der Waals surface area contributed by atoms with Gasteiger partial charge in [-0.05, 0) is 31.7 Å². The lowest BCUT2D eigenvalue weighted by Gasteiger charge is -2.05. The summed E-state index contributed by atoms with van der Waals surface area (Å²) in [5.74, 6) is 1.35. The van der Waals surface area contributed by atoms with Crippen LogP contribution >= 0.6 is 11.3 Å². The Morgan fingerprint density at radius 1 is 1.44 bits per heavy atom. The zero-order valence-electron chi connectivity index (χ0n) is 10.5. The maximum absolute atomic E-state index is 4.83. The van der Waals surface area contributed by atoms with E-state index in [0.29, 0.717) is 5.92 Å². The first kappa shape index (κ1) is 12.1. The summed E-state index contributed by atoms with van der Waals surface area (Å²) in [7, 11) is 0. The van der Waals surface area contributed by atoms with Gasteiger partial charge in [-0.2, -0.15) is 0 Å². The summed E-state index contributed by atoms with van der Waals surface area (Å²) in [6, 6.07) is 0. The van der Waals surface area contributed by atoms with Gasteiger partial charge in [0.25, 0.3) is 0 Å². The van der Waals surface area contributed by atoms with E-state index >= 15 is 0 Å². The Bertz CT molecular complexity index is 340. The van der Waals surface area contributed by atoms with Crippen LogP contribution < -0.4 is 5.32 Å². The van der Waals surface area contributed by atoms with Crippen LogP contribution in [0.3, 0.4) is 0 Å². The van der Waals surface area contributed by atoms with Crippen LogP contribution in [0.2, 0.25) is 0 Å². The SMILES string of the molecule is CCCNCc1sc(C2CC2)nc1C(C)C. The molecule has 2 rings (SSSR count). The molecule has 0 unspecified atom stereocenters. The second kappa shape index (κ2) is 5.28. The molecule has 3 heteroatoms. The maximum Gasteiger partial charge on any atom is 0.0962 e. The van der Waals surface area contributed by atoms with Crippen LogP contribution in [0.5, 0.6) is 0 Å². The van der Waals surface area contributed by atoms with Gasteiger partial charge in [0.2, 0.25) is 0 Å². The van der Waals surface area contributed by atoms with E-state index in [2.05, 4.69) is 26.1 Å². The first-order chi connectivity index (χ1) is 7.72. The molecule has 1 fully saturated rings. The third-order valence-electron chi connectivity index (χ3n) is 2.93. The number of thiazole rings is 1. The predicted molar refractivity (Wildman–Crippen MR) is 70.2 cm³/mol. The van der Waals surface area contributed by atoms with Crippen molar-refractivity contribution in [2.45, 2.75) is 58.4 Å². The molecule has 1 aliphatic carbocycles. The van der Waals surface area contributed by atoms with E-state index in [9.17, 15) is 0 Å². The van der Waals surface area contributed by atoms with Crippen molar-refractivity contribution in [3.05, 3.63) is 15.6 Å². The lowest BCUT2D eigenvalue weighted by atomic mass is 10.1. The molecule has 1 heterocycles. The average Bonchev–Trinajstić information content (AvgIpc) is 3.00. The molecule has 90 valence electrons. The summed E-state index contributed by atoms with van der Waals surface area (Å²) < 4.78 is 0. The summed E-state index contributed by atoms with van der Waals surface area (Å²) in [5.41, 5.74) is 1.33. The Morgan fingerprint density at radius 2 is 2.19 bits per heavy atom. The second-order valence-electron chi connectivity index (χ2n) is 4.97. The van der Waals surface area contributed by atoms with Gasteiger partial charge in [-0.15, -0.1) is 11.3 Å². The number of hydrogen-bond acceptors (Lipinski definition) is 3. The molecule has 16 heavy (non-hydrogen) atoms. The van der Waals surface area contributed by atoms with Gasteiger partial charge < -0.3 is 5.32 Å². The van der Waals surface area contributed by atoms with Crippen LogP contribution in [0, 0.1) is 0 Å². The molecule has 1 saturated carbocycles. The van der Waals surface area contributed by atoms with Crippen molar-refractivity contribution in [2.75, 3.05) is 6.54 Å². The van der Waals surface area contributed by atoms with Gasteiger partial charge in [-0.3, -0.25) is 0 Å². The van der Waals surface area contributed by atoms with E-state index in [-0.39, 0.29) is 0 Å². The molecule has 1 N–H and O–H groups in total. The third-order valence-corrected chi connectivity index (χ3v) is 4.16. The van der Waals surface area contributed by atoms with Crippen LogP contribution in [0.15, 0.2) is 0 Å². The molecule has 0 saturated heterocycles. The highest BCUT2D eigenvalue weighted by atomic mass is 32.1. The minimum absolute atomic E-state index is 0.558. The van der Waals surface area contributed by atoms with Gasteiger partial charge in [0, 0.05) is 17.3 Å². The fraction of sp³-hybridized carbons (Fsp3) is 0.769. The van der Waals surface area contributed by atoms with Gasteiger partial charge in [-0.1, -0.05) is 20.8 Å². The van der Waals surface area contributed by atoms with Crippen molar-refractivity contribution in [3.8, 4) is 0 Å². The molecule has 2 nitrogen and oxygen atoms in total. The zero-order chi connectivity index (χ0) is 11.5. The molecule has 0 bridgehead atoms. The average molecular weight is 238 g/mol. The number of nitrogens with zero attached hydrogens (tertiary/aromatic N) is 1. The highest BCUT2D eigenvalue weighted by Crippen LogP contribution is 2.43. The molecular weight excluding hydrogens is 216 g/mol. The maximum atomic E-state index is 4.83. The standard InChI is InChI=1S/C13H22N2S/c1-4-7-14-8-11-12(9(2)3)15-13(16-11)10-5-6-10/h9-10,14H,4-8H2,1-3H3. The first-order valence-electron chi connectivity index (χ1n) is 6.42. The molecule has 1 aromatic heterocycles. The van der Waals surface area contributed by atoms with Crippen molar-refractivity contribution in [2.24, 2.45) is 0 Å². The fourth-order valence-corrected chi connectivity index (χ4v) is 3.20. The minimum atomic E-state index is 0.558. The summed E-state index contributed by atoms with van der Waals surface area (Å²) in [4.78, 5) is 6.29. The van der Waals surface area contributed by atoms with E-state index in [4.69, 9.17) is 4.98 Å². The number of nitrogens with one attached hydrogen (secondary N) is 1. The van der Waals surface area contributed by atoms with Crippen molar-refractivity contribution < 1.29 is 0 Å². The van der Waals surface area contributed by atoms with Gasteiger partial charge in [0.1, 0.15) is 0 Å².